The molecule has 6 heteroatoms. The molecule has 1 heterocycles. The van der Waals surface area contributed by atoms with Crippen molar-refractivity contribution in [1.29, 1.82) is 0 Å². The van der Waals surface area contributed by atoms with Crippen LogP contribution in [0.15, 0.2) is 34.8 Å². The Balaban J connectivity index is 1.72. The smallest absolute Gasteiger partial charge is 0.269 e. The number of aromatic nitrogens is 2. The molecule has 21 heavy (non-hydrogen) atoms. The number of H-pyrrole nitrogens is 1. The Morgan fingerprint density at radius 2 is 2.14 bits per heavy atom. The van der Waals surface area contributed by atoms with Gasteiger partial charge in [0.25, 0.3) is 5.91 Å². The van der Waals surface area contributed by atoms with Crippen molar-refractivity contribution in [2.75, 3.05) is 13.7 Å². The number of aromatic amines is 1. The normalized spacial score (nSPS) is 15.7. The van der Waals surface area contributed by atoms with Gasteiger partial charge in [-0.05, 0) is 31.0 Å². The summed E-state index contributed by atoms with van der Waals surface area (Å²) in [5, 5.41) is 10.0. The number of methoxy groups -OCH3 is 1. The summed E-state index contributed by atoms with van der Waals surface area (Å²) in [7, 11) is 1.65. The Kier molecular flexibility index (Phi) is 3.82. The summed E-state index contributed by atoms with van der Waals surface area (Å²) >= 11 is 3.40. The Morgan fingerprint density at radius 3 is 2.76 bits per heavy atom. The summed E-state index contributed by atoms with van der Waals surface area (Å²) in [6.45, 7) is 0.548. The van der Waals surface area contributed by atoms with E-state index in [1.807, 2.05) is 24.3 Å². The van der Waals surface area contributed by atoms with E-state index >= 15 is 0 Å². The lowest BCUT2D eigenvalue weighted by atomic mass is 10.1. The minimum Gasteiger partial charge on any atom is -0.382 e. The van der Waals surface area contributed by atoms with E-state index in [2.05, 4.69) is 31.4 Å². The van der Waals surface area contributed by atoms with Crippen molar-refractivity contribution < 1.29 is 9.53 Å². The Hall–Kier alpha value is -1.66. The number of halogens is 1. The summed E-state index contributed by atoms with van der Waals surface area (Å²) in [6, 6.07) is 9.56. The van der Waals surface area contributed by atoms with Gasteiger partial charge in [-0.1, -0.05) is 28.1 Å². The minimum absolute atomic E-state index is 0.139. The van der Waals surface area contributed by atoms with Gasteiger partial charge in [-0.3, -0.25) is 9.89 Å². The number of ether oxygens (including phenoxy) is 1. The standard InChI is InChI=1S/C15H16BrN3O2/c1-21-9-15(6-7-15)17-14(20)13-8-12(18-19-13)10-2-4-11(16)5-3-10/h2-5,8H,6-7,9H2,1H3,(H,17,20)(H,18,19). The maximum absolute atomic E-state index is 12.2. The lowest BCUT2D eigenvalue weighted by Gasteiger charge is -2.15. The van der Waals surface area contributed by atoms with Crippen LogP contribution in [0.25, 0.3) is 11.3 Å². The number of hydrogen-bond acceptors (Lipinski definition) is 3. The lowest BCUT2D eigenvalue weighted by Crippen LogP contribution is -2.40. The van der Waals surface area contributed by atoms with Crippen molar-refractivity contribution in [3.8, 4) is 11.3 Å². The average Bonchev–Trinajstić information content (AvgIpc) is 3.04. The third-order valence-electron chi connectivity index (χ3n) is 3.62. The van der Waals surface area contributed by atoms with Crippen LogP contribution in [0, 0.1) is 0 Å². The van der Waals surface area contributed by atoms with Gasteiger partial charge in [0.05, 0.1) is 17.8 Å². The summed E-state index contributed by atoms with van der Waals surface area (Å²) in [6.07, 6.45) is 1.92. The molecule has 5 nitrogen and oxygen atoms in total. The molecule has 0 spiro atoms. The van der Waals surface area contributed by atoms with Crippen LogP contribution in [0.1, 0.15) is 23.3 Å². The topological polar surface area (TPSA) is 67.0 Å². The molecule has 1 aromatic heterocycles. The molecule has 2 N–H and O–H groups in total. The fourth-order valence-corrected chi connectivity index (χ4v) is 2.51. The van der Waals surface area contributed by atoms with E-state index in [1.54, 1.807) is 13.2 Å². The highest BCUT2D eigenvalue weighted by Crippen LogP contribution is 2.35. The van der Waals surface area contributed by atoms with Crippen molar-refractivity contribution in [3.63, 3.8) is 0 Å². The molecule has 0 atom stereocenters. The highest BCUT2D eigenvalue weighted by molar-refractivity contribution is 9.10. The molecular formula is C15H16BrN3O2. The maximum Gasteiger partial charge on any atom is 0.269 e. The zero-order valence-electron chi connectivity index (χ0n) is 11.6. The first-order valence-electron chi connectivity index (χ1n) is 6.75. The molecule has 0 radical (unpaired) electrons. The molecule has 1 amide bonds. The van der Waals surface area contributed by atoms with Gasteiger partial charge in [0, 0.05) is 17.1 Å². The number of nitrogens with one attached hydrogen (secondary N) is 2. The molecule has 1 fully saturated rings. The first kappa shape index (κ1) is 14.3. The highest BCUT2D eigenvalue weighted by Gasteiger charge is 2.44. The number of rotatable bonds is 5. The van der Waals surface area contributed by atoms with E-state index in [1.165, 1.54) is 0 Å². The van der Waals surface area contributed by atoms with Gasteiger partial charge in [-0.25, -0.2) is 0 Å². The maximum atomic E-state index is 12.2. The monoisotopic (exact) mass is 349 g/mol. The quantitative estimate of drug-likeness (QED) is 0.871. The highest BCUT2D eigenvalue weighted by atomic mass is 79.9. The fourth-order valence-electron chi connectivity index (χ4n) is 2.25. The third kappa shape index (κ3) is 3.16. The number of carbonyl (C=O) groups excluding carboxylic acids is 1. The minimum atomic E-state index is -0.186. The van der Waals surface area contributed by atoms with Gasteiger partial charge < -0.3 is 10.1 Å². The van der Waals surface area contributed by atoms with Crippen LogP contribution in [0.2, 0.25) is 0 Å². The van der Waals surface area contributed by atoms with Gasteiger partial charge in [0.2, 0.25) is 0 Å². The van der Waals surface area contributed by atoms with E-state index in [0.717, 1.165) is 28.6 Å². The molecule has 0 bridgehead atoms. The molecule has 110 valence electrons. The van der Waals surface area contributed by atoms with E-state index < -0.39 is 0 Å². The summed E-state index contributed by atoms with van der Waals surface area (Å²) in [4.78, 5) is 12.2. The Bertz CT molecular complexity index is 647. The molecule has 0 aliphatic heterocycles. The van der Waals surface area contributed by atoms with Crippen molar-refractivity contribution in [1.82, 2.24) is 15.5 Å². The number of nitrogens with zero attached hydrogens (tertiary/aromatic N) is 1. The van der Waals surface area contributed by atoms with Crippen molar-refractivity contribution >= 4 is 21.8 Å². The van der Waals surface area contributed by atoms with Crippen LogP contribution in [-0.4, -0.2) is 35.4 Å². The molecule has 3 rings (SSSR count). The molecule has 1 aliphatic carbocycles. The third-order valence-corrected chi connectivity index (χ3v) is 4.14. The molecule has 2 aromatic rings. The van der Waals surface area contributed by atoms with Crippen molar-refractivity contribution in [3.05, 3.63) is 40.5 Å². The molecule has 1 saturated carbocycles. The van der Waals surface area contributed by atoms with Crippen LogP contribution < -0.4 is 5.32 Å². The first-order valence-corrected chi connectivity index (χ1v) is 7.54. The Labute approximate surface area is 131 Å². The molecular weight excluding hydrogens is 334 g/mol. The lowest BCUT2D eigenvalue weighted by molar-refractivity contribution is 0.0877. The second-order valence-corrected chi connectivity index (χ2v) is 6.26. The van der Waals surface area contributed by atoms with E-state index in [9.17, 15) is 4.79 Å². The van der Waals surface area contributed by atoms with Crippen LogP contribution in [0.4, 0.5) is 0 Å². The first-order chi connectivity index (χ1) is 10.1. The molecule has 1 aromatic carbocycles. The van der Waals surface area contributed by atoms with Gasteiger partial charge in [-0.2, -0.15) is 5.10 Å². The number of amides is 1. The average molecular weight is 350 g/mol. The zero-order valence-corrected chi connectivity index (χ0v) is 13.2. The van der Waals surface area contributed by atoms with Crippen molar-refractivity contribution in [2.24, 2.45) is 0 Å². The summed E-state index contributed by atoms with van der Waals surface area (Å²) in [5.74, 6) is -0.139. The summed E-state index contributed by atoms with van der Waals surface area (Å²) in [5.41, 5.74) is 2.00. The second kappa shape index (κ2) is 5.61. The second-order valence-electron chi connectivity index (χ2n) is 5.34. The van der Waals surface area contributed by atoms with Crippen LogP contribution >= 0.6 is 15.9 Å². The largest absolute Gasteiger partial charge is 0.382 e. The number of benzene rings is 1. The van der Waals surface area contributed by atoms with Crippen molar-refractivity contribution in [2.45, 2.75) is 18.4 Å². The van der Waals surface area contributed by atoms with Gasteiger partial charge >= 0.3 is 0 Å². The van der Waals surface area contributed by atoms with Crippen LogP contribution in [0.5, 0.6) is 0 Å². The number of carbonyl (C=O) groups is 1. The summed E-state index contributed by atoms with van der Waals surface area (Å²) < 4.78 is 6.16. The van der Waals surface area contributed by atoms with Crippen LogP contribution in [-0.2, 0) is 4.74 Å². The van der Waals surface area contributed by atoms with E-state index in [4.69, 9.17) is 4.74 Å². The van der Waals surface area contributed by atoms with Gasteiger partial charge in [0.1, 0.15) is 5.69 Å². The van der Waals surface area contributed by atoms with Crippen LogP contribution in [0.3, 0.4) is 0 Å². The molecule has 1 aliphatic rings. The van der Waals surface area contributed by atoms with E-state index in [0.29, 0.717) is 12.3 Å². The predicted molar refractivity (Wildman–Crippen MR) is 83.0 cm³/mol. The fraction of sp³-hybridized carbons (Fsp3) is 0.333. The zero-order chi connectivity index (χ0) is 14.9. The molecule has 0 saturated heterocycles. The van der Waals surface area contributed by atoms with E-state index in [-0.39, 0.29) is 11.4 Å². The number of hydrogen-bond donors (Lipinski definition) is 2. The Morgan fingerprint density at radius 1 is 1.43 bits per heavy atom. The SMILES string of the molecule is COCC1(NC(=O)c2cc(-c3ccc(Br)cc3)n[nH]2)CC1. The van der Waals surface area contributed by atoms with Gasteiger partial charge in [-0.15, -0.1) is 0 Å². The predicted octanol–water partition coefficient (Wildman–Crippen LogP) is 2.75. The molecule has 0 unspecified atom stereocenters. The van der Waals surface area contributed by atoms with Gasteiger partial charge in [0.15, 0.2) is 0 Å².